The average Bonchev–Trinajstić information content (AvgIpc) is 3.29. The number of anilines is 2. The summed E-state index contributed by atoms with van der Waals surface area (Å²) in [5.74, 6) is 0.112. The van der Waals surface area contributed by atoms with Gasteiger partial charge in [0.25, 0.3) is 11.8 Å². The Morgan fingerprint density at radius 3 is 1.89 bits per heavy atom. The first kappa shape index (κ1) is 25.9. The molecule has 3 aromatic carbocycles. The minimum absolute atomic E-state index is 0.105. The summed E-state index contributed by atoms with van der Waals surface area (Å²) in [6.45, 7) is 0. The number of para-hydroxylation sites is 2. The van der Waals surface area contributed by atoms with E-state index in [0.29, 0.717) is 33.4 Å². The Balaban J connectivity index is 1.38. The first-order chi connectivity index (χ1) is 17.9. The number of aromatic nitrogens is 1. The predicted molar refractivity (Wildman–Crippen MR) is 153 cm³/mol. The van der Waals surface area contributed by atoms with Gasteiger partial charge in [0.15, 0.2) is 15.4 Å². The molecule has 1 heterocycles. The third-order valence-corrected chi connectivity index (χ3v) is 6.37. The standard InChI is InChI=1S/C25H21N5O4S3/c1-33-18-9-5-3-7-15(18)21(31)28-23(35)26-14-11-12-17-20(13-14)37-25(27-17)30-24(36)29-22(32)16-8-4-6-10-19(16)34-2/h3-13H,1-2H3,(H2,26,28,31,35)(H2,27,29,30,32,36). The van der Waals surface area contributed by atoms with Crippen LogP contribution in [0, 0.1) is 0 Å². The molecule has 0 saturated heterocycles. The molecular formula is C25H21N5O4S3. The van der Waals surface area contributed by atoms with Crippen LogP contribution in [-0.2, 0) is 0 Å². The van der Waals surface area contributed by atoms with E-state index in [9.17, 15) is 9.59 Å². The number of ether oxygens (including phenoxy) is 2. The Labute approximate surface area is 227 Å². The highest BCUT2D eigenvalue weighted by Crippen LogP contribution is 2.28. The second-order valence-corrected chi connectivity index (χ2v) is 9.27. The maximum Gasteiger partial charge on any atom is 0.261 e. The van der Waals surface area contributed by atoms with Crippen molar-refractivity contribution in [3.8, 4) is 11.5 Å². The number of carbonyl (C=O) groups excluding carboxylic acids is 2. The maximum atomic E-state index is 12.6. The van der Waals surface area contributed by atoms with Crippen molar-refractivity contribution in [2.75, 3.05) is 24.9 Å². The fourth-order valence-corrected chi connectivity index (χ4v) is 4.73. The number of thiazole rings is 1. The zero-order chi connectivity index (χ0) is 26.4. The number of methoxy groups -OCH3 is 2. The van der Waals surface area contributed by atoms with Gasteiger partial charge in [-0.2, -0.15) is 0 Å². The van der Waals surface area contributed by atoms with Crippen LogP contribution >= 0.6 is 35.8 Å². The van der Waals surface area contributed by atoms with Gasteiger partial charge in [0.1, 0.15) is 11.5 Å². The molecule has 0 aliphatic rings. The number of nitrogens with one attached hydrogen (secondary N) is 4. The molecule has 2 amide bonds. The number of amides is 2. The van der Waals surface area contributed by atoms with Crippen LogP contribution in [0.25, 0.3) is 10.2 Å². The van der Waals surface area contributed by atoms with Gasteiger partial charge in [0, 0.05) is 5.69 Å². The normalized spacial score (nSPS) is 10.3. The Morgan fingerprint density at radius 1 is 0.784 bits per heavy atom. The first-order valence-electron chi connectivity index (χ1n) is 10.8. The van der Waals surface area contributed by atoms with Gasteiger partial charge in [-0.3, -0.25) is 20.2 Å². The summed E-state index contributed by atoms with van der Waals surface area (Å²) >= 11 is 11.9. The second-order valence-electron chi connectivity index (χ2n) is 7.42. The van der Waals surface area contributed by atoms with Crippen molar-refractivity contribution in [2.45, 2.75) is 0 Å². The highest BCUT2D eigenvalue weighted by molar-refractivity contribution is 7.80. The minimum Gasteiger partial charge on any atom is -0.496 e. The quantitative estimate of drug-likeness (QED) is 0.256. The van der Waals surface area contributed by atoms with Crippen LogP contribution in [0.2, 0.25) is 0 Å². The molecule has 0 aliphatic heterocycles. The van der Waals surface area contributed by atoms with E-state index in [1.54, 1.807) is 60.7 Å². The van der Waals surface area contributed by atoms with Crippen molar-refractivity contribution < 1.29 is 19.1 Å². The Bertz CT molecular complexity index is 1430. The lowest BCUT2D eigenvalue weighted by Crippen LogP contribution is -2.34. The number of benzene rings is 3. The van der Waals surface area contributed by atoms with Crippen molar-refractivity contribution >= 4 is 78.8 Å². The van der Waals surface area contributed by atoms with Crippen LogP contribution in [0.5, 0.6) is 11.5 Å². The summed E-state index contributed by atoms with van der Waals surface area (Å²) in [7, 11) is 2.99. The monoisotopic (exact) mass is 551 g/mol. The summed E-state index contributed by atoms with van der Waals surface area (Å²) in [6, 6.07) is 19.2. The smallest absolute Gasteiger partial charge is 0.261 e. The van der Waals surface area contributed by atoms with Crippen LogP contribution in [0.4, 0.5) is 10.8 Å². The summed E-state index contributed by atoms with van der Waals surface area (Å²) in [6.07, 6.45) is 0. The van der Waals surface area contributed by atoms with E-state index in [-0.39, 0.29) is 16.1 Å². The topological polar surface area (TPSA) is 114 Å². The van der Waals surface area contributed by atoms with Gasteiger partial charge in [-0.05, 0) is 66.9 Å². The third kappa shape index (κ3) is 6.36. The zero-order valence-corrected chi connectivity index (χ0v) is 22.1. The number of hydrogen-bond donors (Lipinski definition) is 4. The molecule has 4 rings (SSSR count). The maximum absolute atomic E-state index is 12.6. The molecule has 188 valence electrons. The van der Waals surface area contributed by atoms with Gasteiger partial charge in [-0.15, -0.1) is 0 Å². The number of carbonyl (C=O) groups is 2. The second kappa shape index (κ2) is 11.7. The molecule has 0 atom stereocenters. The first-order valence-corrected chi connectivity index (χ1v) is 12.4. The van der Waals surface area contributed by atoms with Crippen molar-refractivity contribution in [1.82, 2.24) is 15.6 Å². The lowest BCUT2D eigenvalue weighted by atomic mass is 10.2. The average molecular weight is 552 g/mol. The van der Waals surface area contributed by atoms with Gasteiger partial charge in [-0.25, -0.2) is 4.98 Å². The molecule has 37 heavy (non-hydrogen) atoms. The van der Waals surface area contributed by atoms with E-state index in [2.05, 4.69) is 26.3 Å². The Hall–Kier alpha value is -4.13. The summed E-state index contributed by atoms with van der Waals surface area (Å²) in [5, 5.41) is 12.0. The van der Waals surface area contributed by atoms with E-state index in [1.165, 1.54) is 25.6 Å². The lowest BCUT2D eigenvalue weighted by Gasteiger charge is -2.11. The number of nitrogens with zero attached hydrogens (tertiary/aromatic N) is 1. The summed E-state index contributed by atoms with van der Waals surface area (Å²) in [4.78, 5) is 29.6. The molecule has 0 radical (unpaired) electrons. The number of hydrogen-bond acceptors (Lipinski definition) is 8. The molecule has 0 spiro atoms. The fraction of sp³-hybridized carbons (Fsp3) is 0.0800. The van der Waals surface area contributed by atoms with Crippen LogP contribution in [-0.4, -0.2) is 41.2 Å². The lowest BCUT2D eigenvalue weighted by molar-refractivity contribution is 0.0966. The molecule has 0 saturated carbocycles. The fourth-order valence-electron chi connectivity index (χ4n) is 3.35. The largest absolute Gasteiger partial charge is 0.496 e. The van der Waals surface area contributed by atoms with E-state index in [4.69, 9.17) is 33.9 Å². The molecular weight excluding hydrogens is 531 g/mol. The summed E-state index contributed by atoms with van der Waals surface area (Å²) in [5.41, 5.74) is 2.13. The van der Waals surface area contributed by atoms with E-state index in [1.807, 2.05) is 6.07 Å². The van der Waals surface area contributed by atoms with Crippen molar-refractivity contribution in [2.24, 2.45) is 0 Å². The van der Waals surface area contributed by atoms with Crippen molar-refractivity contribution in [1.29, 1.82) is 0 Å². The van der Waals surface area contributed by atoms with Gasteiger partial charge in [-0.1, -0.05) is 35.6 Å². The molecule has 0 bridgehead atoms. The van der Waals surface area contributed by atoms with Crippen LogP contribution in [0.1, 0.15) is 20.7 Å². The Kier molecular flexibility index (Phi) is 8.23. The van der Waals surface area contributed by atoms with E-state index in [0.717, 1.165) is 10.2 Å². The molecule has 0 unspecified atom stereocenters. The zero-order valence-electron chi connectivity index (χ0n) is 19.7. The third-order valence-electron chi connectivity index (χ3n) is 5.02. The van der Waals surface area contributed by atoms with Gasteiger partial charge in [0.05, 0.1) is 35.6 Å². The molecule has 0 fully saturated rings. The molecule has 4 aromatic rings. The highest BCUT2D eigenvalue weighted by Gasteiger charge is 2.15. The summed E-state index contributed by atoms with van der Waals surface area (Å²) < 4.78 is 11.3. The van der Waals surface area contributed by atoms with Crippen LogP contribution in [0.3, 0.4) is 0 Å². The van der Waals surface area contributed by atoms with Gasteiger partial charge < -0.3 is 20.1 Å². The van der Waals surface area contributed by atoms with Gasteiger partial charge in [0.2, 0.25) is 0 Å². The van der Waals surface area contributed by atoms with Crippen LogP contribution in [0.15, 0.2) is 66.7 Å². The predicted octanol–water partition coefficient (Wildman–Crippen LogP) is 4.57. The van der Waals surface area contributed by atoms with E-state index >= 15 is 0 Å². The SMILES string of the molecule is COc1ccccc1C(=O)NC(=S)Nc1ccc2nc(NC(=S)NC(=O)c3ccccc3OC)sc2c1. The van der Waals surface area contributed by atoms with Crippen molar-refractivity contribution in [3.05, 3.63) is 77.9 Å². The van der Waals surface area contributed by atoms with Crippen molar-refractivity contribution in [3.63, 3.8) is 0 Å². The molecule has 12 heteroatoms. The molecule has 0 aliphatic carbocycles. The number of thiocarbonyl (C=S) groups is 2. The minimum atomic E-state index is -0.397. The highest BCUT2D eigenvalue weighted by atomic mass is 32.1. The Morgan fingerprint density at radius 2 is 1.32 bits per heavy atom. The molecule has 1 aromatic heterocycles. The number of rotatable bonds is 6. The molecule has 9 nitrogen and oxygen atoms in total. The van der Waals surface area contributed by atoms with Crippen LogP contribution < -0.4 is 30.7 Å². The van der Waals surface area contributed by atoms with E-state index < -0.39 is 5.91 Å². The van der Waals surface area contributed by atoms with Gasteiger partial charge >= 0.3 is 0 Å². The number of fused-ring (bicyclic) bond motifs is 1. The molecule has 4 N–H and O–H groups in total.